The van der Waals surface area contributed by atoms with Gasteiger partial charge in [0, 0.05) is 5.56 Å². The third-order valence-electron chi connectivity index (χ3n) is 12.1. The van der Waals surface area contributed by atoms with Crippen LogP contribution in [0.15, 0.2) is 182 Å². The summed E-state index contributed by atoms with van der Waals surface area (Å²) in [5.41, 5.74) is 11.3. The highest BCUT2D eigenvalue weighted by atomic mass is 16.6. The minimum Gasteiger partial charge on any atom is -0.488 e. The Balaban J connectivity index is 1.15. The lowest BCUT2D eigenvalue weighted by Gasteiger charge is -2.46. The van der Waals surface area contributed by atoms with E-state index < -0.39 is 30.5 Å². The van der Waals surface area contributed by atoms with Gasteiger partial charge in [-0.05, 0) is 81.5 Å². The molecule has 1 heterocycles. The van der Waals surface area contributed by atoms with Gasteiger partial charge in [-0.3, -0.25) is 0 Å². The van der Waals surface area contributed by atoms with E-state index in [1.54, 1.807) is 0 Å². The number of hydrogen-bond donors (Lipinski definition) is 0. The second-order valence-electron chi connectivity index (χ2n) is 16.6. The predicted octanol–water partition coefficient (Wildman–Crippen LogP) is 11.2. The first kappa shape index (κ1) is 42.9. The van der Waals surface area contributed by atoms with Gasteiger partial charge in [-0.1, -0.05) is 170 Å². The average molecular weight is 848 g/mol. The Morgan fingerprint density at radius 2 is 0.984 bits per heavy atom. The molecule has 1 fully saturated rings. The molecule has 322 valence electrons. The Hall–Kier alpha value is -6.37. The van der Waals surface area contributed by atoms with E-state index in [2.05, 4.69) is 78.9 Å². The average Bonchev–Trinajstić information content (AvgIpc) is 3.34. The number of ether oxygens (including phenoxy) is 6. The lowest BCUT2D eigenvalue weighted by molar-refractivity contribution is -0.275. The molecule has 0 amide bonds. The summed E-state index contributed by atoms with van der Waals surface area (Å²) >= 11 is 0. The summed E-state index contributed by atoms with van der Waals surface area (Å²) in [4.78, 5) is 0. The first-order valence-electron chi connectivity index (χ1n) is 22.2. The van der Waals surface area contributed by atoms with Crippen LogP contribution in [-0.4, -0.2) is 31.0 Å². The van der Waals surface area contributed by atoms with Gasteiger partial charge in [0.15, 0.2) is 0 Å². The summed E-state index contributed by atoms with van der Waals surface area (Å²) in [6.07, 6.45) is -0.481. The highest BCUT2D eigenvalue weighted by Gasteiger charge is 2.50. The zero-order chi connectivity index (χ0) is 43.3. The van der Waals surface area contributed by atoms with Crippen molar-refractivity contribution in [2.45, 2.75) is 82.8 Å². The number of hydrogen-bond acceptors (Lipinski definition) is 7. The van der Waals surface area contributed by atoms with Crippen LogP contribution in [0.3, 0.4) is 0 Å². The number of nitriles is 1. The first-order valence-corrected chi connectivity index (χ1v) is 22.2. The Morgan fingerprint density at radius 1 is 0.484 bits per heavy atom. The molecule has 0 spiro atoms. The van der Waals surface area contributed by atoms with E-state index in [0.717, 1.165) is 57.3 Å². The minimum absolute atomic E-state index is 0.222. The summed E-state index contributed by atoms with van der Waals surface area (Å²) < 4.78 is 41.9. The fraction of sp³-hybridized carbons (Fsp3) is 0.246. The van der Waals surface area contributed by atoms with Crippen molar-refractivity contribution in [1.82, 2.24) is 0 Å². The summed E-state index contributed by atoms with van der Waals surface area (Å²) in [6, 6.07) is 63.9. The van der Waals surface area contributed by atoms with Crippen LogP contribution in [0.25, 0.3) is 0 Å². The summed E-state index contributed by atoms with van der Waals surface area (Å²) in [5.74, 6) is 0.550. The number of benzene rings is 7. The Bertz CT molecular complexity index is 2580. The molecule has 9 rings (SSSR count). The molecule has 0 aromatic heterocycles. The molecule has 1 saturated heterocycles. The topological polar surface area (TPSA) is 79.2 Å². The van der Waals surface area contributed by atoms with Crippen LogP contribution in [0.4, 0.5) is 0 Å². The van der Waals surface area contributed by atoms with Gasteiger partial charge in [-0.25, -0.2) is 0 Å². The van der Waals surface area contributed by atoms with E-state index in [1.807, 2.05) is 109 Å². The van der Waals surface area contributed by atoms with Crippen LogP contribution < -0.4 is 4.74 Å². The maximum absolute atomic E-state index is 10.7. The first-order chi connectivity index (χ1) is 31.7. The van der Waals surface area contributed by atoms with Gasteiger partial charge in [-0.15, -0.1) is 0 Å². The monoisotopic (exact) mass is 847 g/mol. The molecule has 0 N–H and O–H groups in total. The number of nitrogens with zero attached hydrogens (tertiary/aromatic N) is 1. The van der Waals surface area contributed by atoms with E-state index in [-0.39, 0.29) is 6.61 Å². The predicted molar refractivity (Wildman–Crippen MR) is 247 cm³/mol. The number of rotatable bonds is 19. The molecule has 5 atom stereocenters. The van der Waals surface area contributed by atoms with E-state index in [1.165, 1.54) is 11.1 Å². The highest BCUT2D eigenvalue weighted by molar-refractivity contribution is 5.52. The summed E-state index contributed by atoms with van der Waals surface area (Å²) in [5, 5.41) is 10.7. The van der Waals surface area contributed by atoms with Gasteiger partial charge in [0.05, 0.1) is 44.7 Å². The molecule has 0 bridgehead atoms. The van der Waals surface area contributed by atoms with Crippen molar-refractivity contribution in [2.75, 3.05) is 6.61 Å². The number of fused-ring (bicyclic) bond motifs is 1. The van der Waals surface area contributed by atoms with Crippen molar-refractivity contribution < 1.29 is 28.4 Å². The molecule has 7 heteroatoms. The molecule has 64 heavy (non-hydrogen) atoms. The maximum Gasteiger partial charge on any atom is 0.127 e. The van der Waals surface area contributed by atoms with Gasteiger partial charge in [-0.2, -0.15) is 5.26 Å². The second kappa shape index (κ2) is 21.3. The van der Waals surface area contributed by atoms with Crippen molar-refractivity contribution >= 4 is 0 Å². The fourth-order valence-corrected chi connectivity index (χ4v) is 8.59. The van der Waals surface area contributed by atoms with Crippen molar-refractivity contribution in [3.63, 3.8) is 0 Å². The van der Waals surface area contributed by atoms with E-state index in [0.29, 0.717) is 50.8 Å². The molecule has 1 aliphatic heterocycles. The van der Waals surface area contributed by atoms with Gasteiger partial charge in [0.2, 0.25) is 0 Å². The van der Waals surface area contributed by atoms with Crippen LogP contribution >= 0.6 is 0 Å². The van der Waals surface area contributed by atoms with Gasteiger partial charge < -0.3 is 28.4 Å². The van der Waals surface area contributed by atoms with Gasteiger partial charge >= 0.3 is 0 Å². The summed E-state index contributed by atoms with van der Waals surface area (Å²) in [7, 11) is 0. The van der Waals surface area contributed by atoms with Crippen LogP contribution in [0, 0.1) is 11.3 Å². The zero-order valence-electron chi connectivity index (χ0n) is 36.0. The molecular weight excluding hydrogens is 795 g/mol. The quantitative estimate of drug-likeness (QED) is 0.0802. The second-order valence-corrected chi connectivity index (χ2v) is 16.6. The Labute approximate surface area is 376 Å². The Morgan fingerprint density at radius 3 is 1.50 bits per heavy atom. The molecule has 7 aromatic rings. The third-order valence-corrected chi connectivity index (χ3v) is 12.1. The Kier molecular flexibility index (Phi) is 14.3. The molecule has 1 aliphatic carbocycles. The van der Waals surface area contributed by atoms with Crippen LogP contribution in [0.5, 0.6) is 5.75 Å². The van der Waals surface area contributed by atoms with E-state index >= 15 is 0 Å². The standard InChI is InChI=1S/C57H53NO6/c58-34-50-33-52(60-36-42-18-8-2-9-19-42)51(32-49(50)31-46-26-27-47-28-29-48(47)30-46)54-56(62-38-44-22-12-4-13-23-44)57(63-39-45-24-14-5-15-25-45)55(61-37-43-20-10-3-11-21-43)53(64-54)40-59-35-41-16-6-1-7-17-41/h1-27,30,32-33,53-57H,28-29,31,35-40H2/t53-,54+,55-,56+,57+/m1/s1. The van der Waals surface area contributed by atoms with E-state index in [4.69, 9.17) is 28.4 Å². The SMILES string of the molecule is N#Cc1cc(OCc2ccccc2)c([C@@H]2O[C@H](COCc3ccccc3)[C@@H](OCc3ccccc3)[C@H](OCc3ccccc3)[C@H]2OCc2ccccc2)cc1Cc1ccc2c(c1)CC2. The zero-order valence-corrected chi connectivity index (χ0v) is 36.0. The molecule has 0 unspecified atom stereocenters. The smallest absolute Gasteiger partial charge is 0.127 e. The highest BCUT2D eigenvalue weighted by Crippen LogP contribution is 2.43. The van der Waals surface area contributed by atoms with Gasteiger partial charge in [0.1, 0.15) is 42.9 Å². The number of aryl methyl sites for hydroxylation is 2. The molecule has 0 saturated carbocycles. The van der Waals surface area contributed by atoms with Gasteiger partial charge in [0.25, 0.3) is 0 Å². The van der Waals surface area contributed by atoms with Crippen molar-refractivity contribution in [3.8, 4) is 11.8 Å². The molecule has 2 aliphatic rings. The molecule has 0 radical (unpaired) electrons. The normalized spacial score (nSPS) is 19.0. The van der Waals surface area contributed by atoms with E-state index in [9.17, 15) is 5.26 Å². The van der Waals surface area contributed by atoms with Crippen LogP contribution in [0.1, 0.15) is 67.3 Å². The maximum atomic E-state index is 10.7. The molecule has 7 nitrogen and oxygen atoms in total. The van der Waals surface area contributed by atoms with Crippen molar-refractivity contribution in [1.29, 1.82) is 5.26 Å². The van der Waals surface area contributed by atoms with Crippen LogP contribution in [-0.2, 0) is 76.0 Å². The van der Waals surface area contributed by atoms with Crippen molar-refractivity contribution in [2.24, 2.45) is 0 Å². The third kappa shape index (κ3) is 10.9. The molecule has 7 aromatic carbocycles. The lowest BCUT2D eigenvalue weighted by atomic mass is 9.85. The molecular formula is C57H53NO6. The van der Waals surface area contributed by atoms with Crippen LogP contribution in [0.2, 0.25) is 0 Å². The van der Waals surface area contributed by atoms with Crippen molar-refractivity contribution in [3.05, 3.63) is 243 Å². The summed E-state index contributed by atoms with van der Waals surface area (Å²) in [6.45, 7) is 1.87. The fourth-order valence-electron chi connectivity index (χ4n) is 8.59. The lowest BCUT2D eigenvalue weighted by Crippen LogP contribution is -2.58. The largest absolute Gasteiger partial charge is 0.488 e. The minimum atomic E-state index is -0.722.